The van der Waals surface area contributed by atoms with Crippen molar-refractivity contribution in [3.8, 4) is 0 Å². The SMILES string of the molecule is CSC1(CNCc2ccc(C(=O)O)c(F)c2)CCC1. The van der Waals surface area contributed by atoms with E-state index in [1.54, 1.807) is 6.07 Å². The lowest BCUT2D eigenvalue weighted by atomic mass is 9.84. The monoisotopic (exact) mass is 283 g/mol. The summed E-state index contributed by atoms with van der Waals surface area (Å²) in [6, 6.07) is 4.28. The van der Waals surface area contributed by atoms with E-state index >= 15 is 0 Å². The van der Waals surface area contributed by atoms with Gasteiger partial charge in [-0.05, 0) is 36.8 Å². The molecule has 5 heteroatoms. The van der Waals surface area contributed by atoms with E-state index < -0.39 is 11.8 Å². The number of carboxylic acids is 1. The van der Waals surface area contributed by atoms with Crippen molar-refractivity contribution < 1.29 is 14.3 Å². The van der Waals surface area contributed by atoms with Crippen LogP contribution in [0.5, 0.6) is 0 Å². The Morgan fingerprint density at radius 1 is 1.53 bits per heavy atom. The van der Waals surface area contributed by atoms with Gasteiger partial charge >= 0.3 is 5.97 Å². The van der Waals surface area contributed by atoms with E-state index in [0.717, 1.165) is 12.1 Å². The Morgan fingerprint density at radius 2 is 2.26 bits per heavy atom. The molecule has 0 aliphatic heterocycles. The average molecular weight is 283 g/mol. The molecule has 1 aromatic carbocycles. The number of benzene rings is 1. The Balaban J connectivity index is 1.89. The molecular formula is C14H18FNO2S. The molecule has 2 rings (SSSR count). The number of halogens is 1. The van der Waals surface area contributed by atoms with E-state index in [2.05, 4.69) is 11.6 Å². The largest absolute Gasteiger partial charge is 0.478 e. The molecule has 0 unspecified atom stereocenters. The maximum atomic E-state index is 13.5. The van der Waals surface area contributed by atoms with Crippen LogP contribution in [0, 0.1) is 5.82 Å². The van der Waals surface area contributed by atoms with Crippen LogP contribution in [0.1, 0.15) is 35.2 Å². The smallest absolute Gasteiger partial charge is 0.338 e. The molecule has 1 aliphatic carbocycles. The Bertz CT molecular complexity index is 469. The molecule has 0 heterocycles. The molecule has 0 atom stereocenters. The summed E-state index contributed by atoms with van der Waals surface area (Å²) in [6.07, 6.45) is 5.87. The second-order valence-corrected chi connectivity index (χ2v) is 6.24. The van der Waals surface area contributed by atoms with Crippen molar-refractivity contribution in [1.82, 2.24) is 5.32 Å². The minimum Gasteiger partial charge on any atom is -0.478 e. The van der Waals surface area contributed by atoms with E-state index in [1.807, 2.05) is 11.8 Å². The van der Waals surface area contributed by atoms with Crippen LogP contribution in [0.3, 0.4) is 0 Å². The lowest BCUT2D eigenvalue weighted by molar-refractivity contribution is 0.0692. The van der Waals surface area contributed by atoms with Crippen LogP contribution in [-0.2, 0) is 6.54 Å². The highest BCUT2D eigenvalue weighted by Crippen LogP contribution is 2.42. The summed E-state index contributed by atoms with van der Waals surface area (Å²) in [5.41, 5.74) is 0.501. The van der Waals surface area contributed by atoms with Gasteiger partial charge in [0, 0.05) is 17.8 Å². The van der Waals surface area contributed by atoms with Gasteiger partial charge in [-0.1, -0.05) is 12.5 Å². The number of thioether (sulfide) groups is 1. The Labute approximate surface area is 116 Å². The lowest BCUT2D eigenvalue weighted by Gasteiger charge is -2.40. The zero-order valence-electron chi connectivity index (χ0n) is 10.9. The van der Waals surface area contributed by atoms with Crippen molar-refractivity contribution in [2.45, 2.75) is 30.6 Å². The molecule has 0 radical (unpaired) electrons. The van der Waals surface area contributed by atoms with E-state index in [9.17, 15) is 9.18 Å². The predicted octanol–water partition coefficient (Wildman–Crippen LogP) is 2.90. The average Bonchev–Trinajstić information content (AvgIpc) is 2.32. The topological polar surface area (TPSA) is 49.3 Å². The molecule has 0 spiro atoms. The minimum absolute atomic E-state index is 0.275. The molecule has 0 bridgehead atoms. The lowest BCUT2D eigenvalue weighted by Crippen LogP contribution is -2.43. The fraction of sp³-hybridized carbons (Fsp3) is 0.500. The van der Waals surface area contributed by atoms with Gasteiger partial charge in [-0.2, -0.15) is 11.8 Å². The first-order valence-corrected chi connectivity index (χ1v) is 7.56. The van der Waals surface area contributed by atoms with Crippen LogP contribution < -0.4 is 5.32 Å². The molecule has 0 amide bonds. The van der Waals surface area contributed by atoms with Crippen LogP contribution in [0.2, 0.25) is 0 Å². The molecule has 19 heavy (non-hydrogen) atoms. The molecule has 1 saturated carbocycles. The third-order valence-electron chi connectivity index (χ3n) is 3.74. The number of nitrogens with one attached hydrogen (secondary N) is 1. The molecular weight excluding hydrogens is 265 g/mol. The first-order chi connectivity index (χ1) is 9.06. The minimum atomic E-state index is -1.23. The van der Waals surface area contributed by atoms with Gasteiger partial charge in [0.25, 0.3) is 0 Å². The van der Waals surface area contributed by atoms with Crippen LogP contribution in [-0.4, -0.2) is 28.6 Å². The van der Waals surface area contributed by atoms with E-state index in [-0.39, 0.29) is 5.56 Å². The van der Waals surface area contributed by atoms with Crippen molar-refractivity contribution in [2.75, 3.05) is 12.8 Å². The van der Waals surface area contributed by atoms with Crippen molar-refractivity contribution in [1.29, 1.82) is 0 Å². The number of aromatic carboxylic acids is 1. The predicted molar refractivity (Wildman–Crippen MR) is 75.2 cm³/mol. The van der Waals surface area contributed by atoms with Gasteiger partial charge in [-0.25, -0.2) is 9.18 Å². The van der Waals surface area contributed by atoms with E-state index in [1.165, 1.54) is 31.4 Å². The molecule has 1 fully saturated rings. The number of rotatable bonds is 6. The molecule has 3 nitrogen and oxygen atoms in total. The molecule has 0 saturated heterocycles. The maximum absolute atomic E-state index is 13.5. The first-order valence-electron chi connectivity index (χ1n) is 6.34. The third-order valence-corrected chi connectivity index (χ3v) is 5.16. The van der Waals surface area contributed by atoms with Gasteiger partial charge in [0.05, 0.1) is 5.56 Å². The summed E-state index contributed by atoms with van der Waals surface area (Å²) >= 11 is 1.89. The normalized spacial score (nSPS) is 16.9. The summed E-state index contributed by atoms with van der Waals surface area (Å²) in [7, 11) is 0. The van der Waals surface area contributed by atoms with Crippen molar-refractivity contribution in [3.05, 3.63) is 35.1 Å². The number of hydrogen-bond donors (Lipinski definition) is 2. The van der Waals surface area contributed by atoms with Crippen LogP contribution >= 0.6 is 11.8 Å². The summed E-state index contributed by atoms with van der Waals surface area (Å²) in [6.45, 7) is 1.48. The highest BCUT2D eigenvalue weighted by atomic mass is 32.2. The molecule has 1 aromatic rings. The fourth-order valence-electron chi connectivity index (χ4n) is 2.30. The summed E-state index contributed by atoms with van der Waals surface area (Å²) in [4.78, 5) is 10.7. The van der Waals surface area contributed by atoms with E-state index in [0.29, 0.717) is 11.3 Å². The van der Waals surface area contributed by atoms with Crippen LogP contribution in [0.15, 0.2) is 18.2 Å². The highest BCUT2D eigenvalue weighted by molar-refractivity contribution is 8.00. The molecule has 104 valence electrons. The van der Waals surface area contributed by atoms with Crippen molar-refractivity contribution in [2.24, 2.45) is 0 Å². The van der Waals surface area contributed by atoms with Crippen LogP contribution in [0.4, 0.5) is 4.39 Å². The van der Waals surface area contributed by atoms with Gasteiger partial charge < -0.3 is 10.4 Å². The van der Waals surface area contributed by atoms with Gasteiger partial charge in [0.2, 0.25) is 0 Å². The van der Waals surface area contributed by atoms with E-state index in [4.69, 9.17) is 5.11 Å². The van der Waals surface area contributed by atoms with Gasteiger partial charge in [0.15, 0.2) is 0 Å². The first kappa shape index (κ1) is 14.3. The van der Waals surface area contributed by atoms with Gasteiger partial charge in [-0.3, -0.25) is 0 Å². The summed E-state index contributed by atoms with van der Waals surface area (Å²) < 4.78 is 13.8. The van der Waals surface area contributed by atoms with Crippen molar-refractivity contribution >= 4 is 17.7 Å². The highest BCUT2D eigenvalue weighted by Gasteiger charge is 2.35. The third kappa shape index (κ3) is 3.28. The summed E-state index contributed by atoms with van der Waals surface area (Å²) in [5, 5.41) is 12.1. The van der Waals surface area contributed by atoms with Crippen molar-refractivity contribution in [3.63, 3.8) is 0 Å². The zero-order chi connectivity index (χ0) is 13.9. The number of hydrogen-bond acceptors (Lipinski definition) is 3. The zero-order valence-corrected chi connectivity index (χ0v) is 11.7. The Morgan fingerprint density at radius 3 is 2.74 bits per heavy atom. The molecule has 1 aliphatic rings. The number of carbonyl (C=O) groups is 1. The second kappa shape index (κ2) is 5.92. The maximum Gasteiger partial charge on any atom is 0.338 e. The summed E-state index contributed by atoms with van der Waals surface area (Å²) in [5.74, 6) is -1.90. The van der Waals surface area contributed by atoms with Gasteiger partial charge in [0.1, 0.15) is 5.82 Å². The Hall–Kier alpha value is -1.07. The fourth-order valence-corrected chi connectivity index (χ4v) is 3.24. The Kier molecular flexibility index (Phi) is 4.47. The second-order valence-electron chi connectivity index (χ2n) is 4.96. The molecule has 0 aromatic heterocycles. The van der Waals surface area contributed by atoms with Crippen LogP contribution in [0.25, 0.3) is 0 Å². The standard InChI is InChI=1S/C14H18FNO2S/c1-19-14(5-2-6-14)9-16-8-10-3-4-11(13(17)18)12(15)7-10/h3-4,7,16H,2,5-6,8-9H2,1H3,(H,17,18). The number of carboxylic acid groups (broad SMARTS) is 1. The molecule has 2 N–H and O–H groups in total. The quantitative estimate of drug-likeness (QED) is 0.843. The van der Waals surface area contributed by atoms with Gasteiger partial charge in [-0.15, -0.1) is 0 Å².